The molecule has 0 aromatic heterocycles. The van der Waals surface area contributed by atoms with Crippen LogP contribution in [0.2, 0.25) is 0 Å². The number of hydrogen-bond donors (Lipinski definition) is 5. The average molecular weight is 262 g/mol. The maximum Gasteiger partial charge on any atom is 0.341 e. The Hall–Kier alpha value is -1.22. The van der Waals surface area contributed by atoms with E-state index in [1.54, 1.807) is 0 Å². The van der Waals surface area contributed by atoms with E-state index in [1.165, 1.54) is 0 Å². The topological polar surface area (TPSA) is 154 Å². The van der Waals surface area contributed by atoms with Gasteiger partial charge < -0.3 is 27.1 Å². The van der Waals surface area contributed by atoms with Gasteiger partial charge in [-0.15, -0.1) is 5.48 Å². The van der Waals surface area contributed by atoms with Gasteiger partial charge >= 0.3 is 11.9 Å². The van der Waals surface area contributed by atoms with E-state index in [2.05, 4.69) is 10.3 Å². The molecule has 0 heterocycles. The summed E-state index contributed by atoms with van der Waals surface area (Å²) in [7, 11) is 0. The van der Waals surface area contributed by atoms with Crippen molar-refractivity contribution < 1.29 is 19.5 Å². The van der Waals surface area contributed by atoms with Crippen LogP contribution in [0.4, 0.5) is 0 Å². The van der Waals surface area contributed by atoms with Crippen LogP contribution < -0.4 is 22.7 Å². The number of carboxylic acid groups (broad SMARTS) is 1. The third-order valence-electron chi connectivity index (χ3n) is 2.32. The first kappa shape index (κ1) is 16.8. The van der Waals surface area contributed by atoms with Crippen molar-refractivity contribution in [3.63, 3.8) is 0 Å². The van der Waals surface area contributed by atoms with Gasteiger partial charge in [-0.3, -0.25) is 4.79 Å². The van der Waals surface area contributed by atoms with E-state index in [-0.39, 0.29) is 6.42 Å². The van der Waals surface area contributed by atoms with E-state index >= 15 is 0 Å². The lowest BCUT2D eigenvalue weighted by molar-refractivity contribution is -0.159. The summed E-state index contributed by atoms with van der Waals surface area (Å²) >= 11 is 0. The van der Waals surface area contributed by atoms with Crippen molar-refractivity contribution in [1.29, 1.82) is 0 Å². The molecule has 18 heavy (non-hydrogen) atoms. The van der Waals surface area contributed by atoms with E-state index in [0.29, 0.717) is 32.4 Å². The van der Waals surface area contributed by atoms with Gasteiger partial charge in [0.25, 0.3) is 0 Å². The minimum absolute atomic E-state index is 0.275. The van der Waals surface area contributed by atoms with Gasteiger partial charge in [-0.1, -0.05) is 0 Å². The largest absolute Gasteiger partial charge is 0.480 e. The summed E-state index contributed by atoms with van der Waals surface area (Å²) in [5, 5.41) is 8.85. The number of aliphatic carboxylic acids is 1. The predicted molar refractivity (Wildman–Crippen MR) is 65.2 cm³/mol. The Morgan fingerprint density at radius 2 is 1.72 bits per heavy atom. The van der Waals surface area contributed by atoms with Gasteiger partial charge in [-0.05, 0) is 38.8 Å². The maximum atomic E-state index is 11.4. The zero-order chi connectivity index (χ0) is 14.0. The Balaban J connectivity index is 4.01. The van der Waals surface area contributed by atoms with Crippen LogP contribution in [0.15, 0.2) is 0 Å². The van der Waals surface area contributed by atoms with Crippen LogP contribution in [0.5, 0.6) is 0 Å². The lowest BCUT2D eigenvalue weighted by Gasteiger charge is -2.15. The highest BCUT2D eigenvalue weighted by Crippen LogP contribution is 1.99. The smallest absolute Gasteiger partial charge is 0.341 e. The Morgan fingerprint density at radius 3 is 2.22 bits per heavy atom. The predicted octanol–water partition coefficient (Wildman–Crippen LogP) is -1.71. The molecule has 0 fully saturated rings. The summed E-state index contributed by atoms with van der Waals surface area (Å²) in [6.07, 6.45) is 1.79. The van der Waals surface area contributed by atoms with Gasteiger partial charge in [0.05, 0.1) is 0 Å². The summed E-state index contributed by atoms with van der Waals surface area (Å²) in [6, 6.07) is -1.77. The molecule has 0 saturated heterocycles. The fourth-order valence-electron chi connectivity index (χ4n) is 1.22. The van der Waals surface area contributed by atoms with Gasteiger partial charge in [-0.25, -0.2) is 4.79 Å². The van der Waals surface area contributed by atoms with Gasteiger partial charge in [-0.2, -0.15) is 0 Å². The van der Waals surface area contributed by atoms with Crippen molar-refractivity contribution in [2.45, 2.75) is 37.8 Å². The quantitative estimate of drug-likeness (QED) is 0.292. The molecule has 106 valence electrons. The Kier molecular flexibility index (Phi) is 9.11. The summed E-state index contributed by atoms with van der Waals surface area (Å²) in [5.41, 5.74) is 18.3. The molecule has 2 atom stereocenters. The molecule has 0 bridgehead atoms. The molecule has 8 heteroatoms. The number of carbonyl (C=O) groups excluding carboxylic acids is 1. The molecular formula is C10H22N4O4. The highest BCUT2D eigenvalue weighted by Gasteiger charge is 2.21. The average Bonchev–Trinajstić information content (AvgIpc) is 2.35. The molecule has 8 nitrogen and oxygen atoms in total. The minimum atomic E-state index is -1.10. The van der Waals surface area contributed by atoms with E-state index in [1.807, 2.05) is 0 Å². The van der Waals surface area contributed by atoms with Crippen LogP contribution in [0.3, 0.4) is 0 Å². The van der Waals surface area contributed by atoms with E-state index in [9.17, 15) is 9.59 Å². The second kappa shape index (κ2) is 9.77. The molecule has 0 aromatic carbocycles. The van der Waals surface area contributed by atoms with Crippen molar-refractivity contribution in [2.75, 3.05) is 13.1 Å². The van der Waals surface area contributed by atoms with Crippen LogP contribution in [-0.2, 0) is 14.4 Å². The van der Waals surface area contributed by atoms with Crippen LogP contribution in [0, 0.1) is 0 Å². The normalized spacial score (nSPS) is 13.9. The van der Waals surface area contributed by atoms with E-state index in [0.717, 1.165) is 0 Å². The molecule has 0 aliphatic rings. The van der Waals surface area contributed by atoms with E-state index < -0.39 is 24.0 Å². The molecule has 0 aliphatic carbocycles. The summed E-state index contributed by atoms with van der Waals surface area (Å²) < 4.78 is 0. The summed E-state index contributed by atoms with van der Waals surface area (Å²) in [6.45, 7) is 0.804. The second-order valence-corrected chi connectivity index (χ2v) is 3.90. The zero-order valence-electron chi connectivity index (χ0n) is 10.3. The summed E-state index contributed by atoms with van der Waals surface area (Å²) in [4.78, 5) is 26.8. The van der Waals surface area contributed by atoms with Gasteiger partial charge in [0.1, 0.15) is 12.1 Å². The monoisotopic (exact) mass is 262 g/mol. The third-order valence-corrected chi connectivity index (χ3v) is 2.32. The maximum absolute atomic E-state index is 11.4. The van der Waals surface area contributed by atoms with Crippen LogP contribution >= 0.6 is 0 Å². The lowest BCUT2D eigenvalue weighted by atomic mass is 10.1. The number of carbonyl (C=O) groups is 2. The molecule has 0 amide bonds. The van der Waals surface area contributed by atoms with Gasteiger partial charge in [0, 0.05) is 0 Å². The molecule has 0 aliphatic heterocycles. The number of hydrogen-bond acceptors (Lipinski definition) is 7. The Bertz CT molecular complexity index is 262. The molecular weight excluding hydrogens is 240 g/mol. The molecule has 8 N–H and O–H groups in total. The Morgan fingerprint density at radius 1 is 1.17 bits per heavy atom. The molecule has 0 saturated carbocycles. The standard InChI is InChI=1S/C10H22N4O4/c11-5-1-3-7(13)10(17)18-14-8(9(15)16)4-2-6-12/h7-8,14H,1-6,11-13H2,(H,15,16). The highest BCUT2D eigenvalue weighted by atomic mass is 16.7. The number of carboxylic acids is 1. The van der Waals surface area contributed by atoms with E-state index in [4.69, 9.17) is 22.3 Å². The van der Waals surface area contributed by atoms with Crippen molar-refractivity contribution in [3.8, 4) is 0 Å². The van der Waals surface area contributed by atoms with Crippen molar-refractivity contribution in [2.24, 2.45) is 17.2 Å². The summed E-state index contributed by atoms with van der Waals surface area (Å²) in [5.74, 6) is -1.80. The fourth-order valence-corrected chi connectivity index (χ4v) is 1.22. The number of nitrogens with one attached hydrogen (secondary N) is 1. The number of hydroxylamine groups is 1. The fraction of sp³-hybridized carbons (Fsp3) is 0.800. The first-order valence-corrected chi connectivity index (χ1v) is 5.87. The minimum Gasteiger partial charge on any atom is -0.480 e. The number of nitrogens with two attached hydrogens (primary N) is 3. The molecule has 0 radical (unpaired) electrons. The molecule has 2 unspecified atom stereocenters. The first-order chi connectivity index (χ1) is 8.52. The van der Waals surface area contributed by atoms with Crippen LogP contribution in [0.1, 0.15) is 25.7 Å². The van der Waals surface area contributed by atoms with Crippen LogP contribution in [0.25, 0.3) is 0 Å². The first-order valence-electron chi connectivity index (χ1n) is 5.87. The molecule has 0 spiro atoms. The molecule has 0 aromatic rings. The SMILES string of the molecule is NCCCC(N)C(=O)ONC(CCCN)C(=O)O. The lowest BCUT2D eigenvalue weighted by Crippen LogP contribution is -2.43. The van der Waals surface area contributed by atoms with Crippen molar-refractivity contribution in [3.05, 3.63) is 0 Å². The van der Waals surface area contributed by atoms with Gasteiger partial charge in [0.15, 0.2) is 0 Å². The molecule has 0 rings (SSSR count). The van der Waals surface area contributed by atoms with Crippen LogP contribution in [-0.4, -0.2) is 42.2 Å². The van der Waals surface area contributed by atoms with Crippen molar-refractivity contribution >= 4 is 11.9 Å². The third kappa shape index (κ3) is 7.17. The second-order valence-electron chi connectivity index (χ2n) is 3.90. The van der Waals surface area contributed by atoms with Gasteiger partial charge in [0.2, 0.25) is 0 Å². The zero-order valence-corrected chi connectivity index (χ0v) is 10.3. The Labute approximate surface area is 106 Å². The van der Waals surface area contributed by atoms with Crippen molar-refractivity contribution in [1.82, 2.24) is 5.48 Å². The number of rotatable bonds is 10. The highest BCUT2D eigenvalue weighted by molar-refractivity contribution is 5.76.